The smallest absolute Gasteiger partial charge is 0.325 e. The van der Waals surface area contributed by atoms with E-state index in [9.17, 15) is 18.8 Å². The molecule has 6 nitrogen and oxygen atoms in total. The van der Waals surface area contributed by atoms with Gasteiger partial charge in [0.05, 0.1) is 0 Å². The number of rotatable bonds is 4. The van der Waals surface area contributed by atoms with E-state index in [0.717, 1.165) is 16.0 Å². The van der Waals surface area contributed by atoms with Crippen LogP contribution in [0.1, 0.15) is 23.1 Å². The second-order valence-electron chi connectivity index (χ2n) is 6.75. The van der Waals surface area contributed by atoms with E-state index in [2.05, 4.69) is 10.6 Å². The molecule has 0 saturated carbocycles. The minimum Gasteiger partial charge on any atom is -0.350 e. The van der Waals surface area contributed by atoms with Crippen LogP contribution in [0, 0.1) is 5.82 Å². The van der Waals surface area contributed by atoms with E-state index in [0.29, 0.717) is 18.4 Å². The SMILES string of the molecule is O=C(CN1C(=O)NC2(CCc3ccccc32)C1=O)NCc1ccccc1F. The molecule has 4 amide bonds. The van der Waals surface area contributed by atoms with E-state index in [1.54, 1.807) is 18.2 Å². The van der Waals surface area contributed by atoms with Crippen molar-refractivity contribution in [1.29, 1.82) is 0 Å². The van der Waals surface area contributed by atoms with Crippen molar-refractivity contribution in [3.8, 4) is 0 Å². The van der Waals surface area contributed by atoms with E-state index in [-0.39, 0.29) is 6.54 Å². The molecule has 1 heterocycles. The Kier molecular flexibility index (Phi) is 4.14. The van der Waals surface area contributed by atoms with Gasteiger partial charge in [0.2, 0.25) is 5.91 Å². The number of amides is 4. The Balaban J connectivity index is 1.46. The lowest BCUT2D eigenvalue weighted by Gasteiger charge is -2.22. The van der Waals surface area contributed by atoms with Gasteiger partial charge in [-0.3, -0.25) is 14.5 Å². The normalized spacial score (nSPS) is 20.7. The quantitative estimate of drug-likeness (QED) is 0.810. The Morgan fingerprint density at radius 2 is 1.89 bits per heavy atom. The van der Waals surface area contributed by atoms with Crippen LogP contribution in [0.4, 0.5) is 9.18 Å². The highest BCUT2D eigenvalue weighted by Gasteiger charge is 2.55. The van der Waals surface area contributed by atoms with E-state index in [1.807, 2.05) is 24.3 Å². The fraction of sp³-hybridized carbons (Fsp3) is 0.250. The molecule has 1 aliphatic heterocycles. The van der Waals surface area contributed by atoms with Gasteiger partial charge in [-0.15, -0.1) is 0 Å². The summed E-state index contributed by atoms with van der Waals surface area (Å²) in [7, 11) is 0. The van der Waals surface area contributed by atoms with Crippen LogP contribution in [0.25, 0.3) is 0 Å². The van der Waals surface area contributed by atoms with Gasteiger partial charge in [0, 0.05) is 12.1 Å². The first kappa shape index (κ1) is 17.2. The van der Waals surface area contributed by atoms with E-state index < -0.39 is 35.7 Å². The van der Waals surface area contributed by atoms with Crippen LogP contribution in [-0.4, -0.2) is 29.3 Å². The summed E-state index contributed by atoms with van der Waals surface area (Å²) < 4.78 is 13.6. The van der Waals surface area contributed by atoms with Crippen molar-refractivity contribution in [2.24, 2.45) is 0 Å². The van der Waals surface area contributed by atoms with Crippen molar-refractivity contribution < 1.29 is 18.8 Å². The van der Waals surface area contributed by atoms with Crippen molar-refractivity contribution in [2.75, 3.05) is 6.54 Å². The van der Waals surface area contributed by atoms with Gasteiger partial charge in [0.25, 0.3) is 5.91 Å². The number of halogens is 1. The van der Waals surface area contributed by atoms with Crippen molar-refractivity contribution in [2.45, 2.75) is 24.9 Å². The van der Waals surface area contributed by atoms with Crippen molar-refractivity contribution in [3.63, 3.8) is 0 Å². The molecule has 2 N–H and O–H groups in total. The Hall–Kier alpha value is -3.22. The van der Waals surface area contributed by atoms with Gasteiger partial charge >= 0.3 is 6.03 Å². The molecule has 1 aliphatic carbocycles. The van der Waals surface area contributed by atoms with Crippen LogP contribution >= 0.6 is 0 Å². The highest BCUT2D eigenvalue weighted by molar-refractivity contribution is 6.09. The summed E-state index contributed by atoms with van der Waals surface area (Å²) in [5.41, 5.74) is 1.07. The lowest BCUT2D eigenvalue weighted by atomic mass is 9.92. The van der Waals surface area contributed by atoms with Gasteiger partial charge in [-0.25, -0.2) is 9.18 Å². The number of nitrogens with zero attached hydrogens (tertiary/aromatic N) is 1. The van der Waals surface area contributed by atoms with Crippen molar-refractivity contribution in [1.82, 2.24) is 15.5 Å². The second-order valence-corrected chi connectivity index (χ2v) is 6.75. The minimum absolute atomic E-state index is 0.0108. The number of hydrogen-bond acceptors (Lipinski definition) is 3. The summed E-state index contributed by atoms with van der Waals surface area (Å²) >= 11 is 0. The molecule has 1 saturated heterocycles. The van der Waals surface area contributed by atoms with Gasteiger partial charge in [0.15, 0.2) is 0 Å². The van der Waals surface area contributed by atoms with E-state index >= 15 is 0 Å². The van der Waals surface area contributed by atoms with Crippen LogP contribution in [0.2, 0.25) is 0 Å². The average molecular weight is 367 g/mol. The molecule has 2 aliphatic rings. The molecule has 1 atom stereocenters. The summed E-state index contributed by atoms with van der Waals surface area (Å²) in [5.74, 6) is -1.36. The average Bonchev–Trinajstić information content (AvgIpc) is 3.15. The lowest BCUT2D eigenvalue weighted by Crippen LogP contribution is -2.43. The van der Waals surface area contributed by atoms with Crippen LogP contribution in [-0.2, 0) is 28.1 Å². The number of carbonyl (C=O) groups excluding carboxylic acids is 3. The third kappa shape index (κ3) is 2.85. The van der Waals surface area contributed by atoms with E-state index in [4.69, 9.17) is 0 Å². The molecule has 2 aromatic carbocycles. The Morgan fingerprint density at radius 3 is 2.70 bits per heavy atom. The Bertz CT molecular complexity index is 946. The monoisotopic (exact) mass is 367 g/mol. The van der Waals surface area contributed by atoms with Crippen molar-refractivity contribution >= 4 is 17.8 Å². The number of aryl methyl sites for hydroxylation is 1. The first-order valence-corrected chi connectivity index (χ1v) is 8.74. The number of fused-ring (bicyclic) bond motifs is 2. The molecular formula is C20H18FN3O3. The molecular weight excluding hydrogens is 349 g/mol. The predicted octanol–water partition coefficient (Wildman–Crippen LogP) is 1.84. The molecule has 4 rings (SSSR count). The summed E-state index contributed by atoms with van der Waals surface area (Å²) in [4.78, 5) is 38.5. The molecule has 1 spiro atoms. The van der Waals surface area contributed by atoms with E-state index in [1.165, 1.54) is 6.07 Å². The highest BCUT2D eigenvalue weighted by atomic mass is 19.1. The second kappa shape index (κ2) is 6.50. The zero-order valence-electron chi connectivity index (χ0n) is 14.5. The summed E-state index contributed by atoms with van der Waals surface area (Å²) in [5, 5.41) is 5.32. The number of carbonyl (C=O) groups is 3. The molecule has 27 heavy (non-hydrogen) atoms. The molecule has 1 unspecified atom stereocenters. The van der Waals surface area contributed by atoms with Gasteiger partial charge in [-0.1, -0.05) is 42.5 Å². The minimum atomic E-state index is -1.08. The topological polar surface area (TPSA) is 78.5 Å². The van der Waals surface area contributed by atoms with Gasteiger partial charge < -0.3 is 10.6 Å². The van der Waals surface area contributed by atoms with Crippen LogP contribution in [0.3, 0.4) is 0 Å². The zero-order valence-corrected chi connectivity index (χ0v) is 14.5. The molecule has 0 radical (unpaired) electrons. The maximum atomic E-state index is 13.6. The Morgan fingerprint density at radius 1 is 1.15 bits per heavy atom. The van der Waals surface area contributed by atoms with Crippen molar-refractivity contribution in [3.05, 3.63) is 71.0 Å². The van der Waals surface area contributed by atoms with Crippen LogP contribution in [0.15, 0.2) is 48.5 Å². The number of imide groups is 1. The molecule has 7 heteroatoms. The third-order valence-electron chi connectivity index (χ3n) is 5.16. The molecule has 2 aromatic rings. The highest BCUT2D eigenvalue weighted by Crippen LogP contribution is 2.41. The first-order valence-electron chi connectivity index (χ1n) is 8.74. The maximum absolute atomic E-state index is 13.6. The van der Waals surface area contributed by atoms with Crippen LogP contribution in [0.5, 0.6) is 0 Å². The summed E-state index contributed by atoms with van der Waals surface area (Å²) in [6.07, 6.45) is 1.17. The third-order valence-corrected chi connectivity index (χ3v) is 5.16. The molecule has 0 bridgehead atoms. The Labute approximate surface area is 155 Å². The molecule has 1 fully saturated rings. The number of urea groups is 1. The number of benzene rings is 2. The largest absolute Gasteiger partial charge is 0.350 e. The predicted molar refractivity (Wildman–Crippen MR) is 94.9 cm³/mol. The standard InChI is InChI=1S/C20H18FN3O3/c21-16-8-4-2-6-14(16)11-22-17(25)12-24-18(26)20(23-19(24)27)10-9-13-5-1-3-7-15(13)20/h1-8H,9-12H2,(H,22,25)(H,23,27). The zero-order chi connectivity index (χ0) is 19.0. The van der Waals surface area contributed by atoms with Gasteiger partial charge in [0.1, 0.15) is 17.9 Å². The lowest BCUT2D eigenvalue weighted by molar-refractivity contribution is -0.135. The fourth-order valence-electron chi connectivity index (χ4n) is 3.77. The first-order chi connectivity index (χ1) is 13.0. The van der Waals surface area contributed by atoms with Crippen LogP contribution < -0.4 is 10.6 Å². The molecule has 0 aromatic heterocycles. The maximum Gasteiger partial charge on any atom is 0.325 e. The molecule has 138 valence electrons. The summed E-state index contributed by atoms with van der Waals surface area (Å²) in [6, 6.07) is 13.0. The number of hydrogen-bond donors (Lipinski definition) is 2. The fourth-order valence-corrected chi connectivity index (χ4v) is 3.77. The summed E-state index contributed by atoms with van der Waals surface area (Å²) in [6.45, 7) is -0.411. The van der Waals surface area contributed by atoms with Gasteiger partial charge in [-0.2, -0.15) is 0 Å². The van der Waals surface area contributed by atoms with Gasteiger partial charge in [-0.05, 0) is 30.0 Å². The number of nitrogens with one attached hydrogen (secondary N) is 2.